The van der Waals surface area contributed by atoms with Gasteiger partial charge in [-0.3, -0.25) is 5.84 Å². The molecule has 6 N–H and O–H groups in total. The van der Waals surface area contributed by atoms with Crippen molar-refractivity contribution in [2.75, 3.05) is 30.4 Å². The van der Waals surface area contributed by atoms with Crippen molar-refractivity contribution in [2.45, 2.75) is 25.3 Å². The molecule has 0 saturated carbocycles. The van der Waals surface area contributed by atoms with Crippen LogP contribution in [-0.2, 0) is 12.8 Å². The lowest BCUT2D eigenvalue weighted by molar-refractivity contribution is 0.414. The maximum atomic E-state index is 6.03. The smallest absolute Gasteiger partial charge is 0.318 e. The lowest BCUT2D eigenvalue weighted by Gasteiger charge is -2.13. The molecule has 0 amide bonds. The van der Waals surface area contributed by atoms with Gasteiger partial charge in [0, 0.05) is 49.3 Å². The zero-order valence-electron chi connectivity index (χ0n) is 18.4. The van der Waals surface area contributed by atoms with Crippen LogP contribution in [0.2, 0.25) is 0 Å². The van der Waals surface area contributed by atoms with Gasteiger partial charge in [0.1, 0.15) is 5.75 Å². The quantitative estimate of drug-likeness (QED) is 0.304. The summed E-state index contributed by atoms with van der Waals surface area (Å²) in [6, 6.07) is 6.91. The third kappa shape index (κ3) is 4.40. The van der Waals surface area contributed by atoms with E-state index in [0.717, 1.165) is 31.6 Å². The van der Waals surface area contributed by atoms with Crippen molar-refractivity contribution in [1.82, 2.24) is 25.6 Å². The topological polar surface area (TPSA) is 153 Å². The van der Waals surface area contributed by atoms with Crippen LogP contribution in [0.15, 0.2) is 46.9 Å². The zero-order chi connectivity index (χ0) is 22.8. The number of nitrogens with two attached hydrogens (primary N) is 2. The molecular formula is C22H27N9O2. The average Bonchev–Trinajstić information content (AvgIpc) is 3.58. The SMILES string of the molecule is COc1ccc2c(c1)CC(Nc1ncc(-c3nnc(N4CCC(/C(N)=C/NN)C4)o3)cn1)C2. The van der Waals surface area contributed by atoms with Crippen LogP contribution in [0.3, 0.4) is 0 Å². The lowest BCUT2D eigenvalue weighted by Crippen LogP contribution is -2.24. The van der Waals surface area contributed by atoms with E-state index in [0.29, 0.717) is 35.7 Å². The molecule has 5 rings (SSSR count). The number of methoxy groups -OCH3 is 1. The van der Waals surface area contributed by atoms with Gasteiger partial charge >= 0.3 is 6.01 Å². The average molecular weight is 450 g/mol. The van der Waals surface area contributed by atoms with Crippen LogP contribution < -0.4 is 32.0 Å². The summed E-state index contributed by atoms with van der Waals surface area (Å²) in [5, 5.41) is 11.8. The number of rotatable bonds is 7. The number of ether oxygens (including phenoxy) is 1. The Morgan fingerprint density at radius 1 is 1.21 bits per heavy atom. The molecule has 3 aromatic rings. The van der Waals surface area contributed by atoms with Crippen molar-refractivity contribution in [3.8, 4) is 17.2 Å². The van der Waals surface area contributed by atoms with E-state index < -0.39 is 0 Å². The summed E-state index contributed by atoms with van der Waals surface area (Å²) in [5.41, 5.74) is 12.5. The van der Waals surface area contributed by atoms with Crippen LogP contribution in [-0.4, -0.2) is 46.4 Å². The van der Waals surface area contributed by atoms with E-state index >= 15 is 0 Å². The van der Waals surface area contributed by atoms with E-state index in [9.17, 15) is 0 Å². The van der Waals surface area contributed by atoms with Gasteiger partial charge in [-0.1, -0.05) is 11.2 Å². The second-order valence-corrected chi connectivity index (χ2v) is 8.31. The van der Waals surface area contributed by atoms with Crippen LogP contribution in [0.1, 0.15) is 17.5 Å². The molecule has 2 unspecified atom stereocenters. The van der Waals surface area contributed by atoms with E-state index in [1.54, 1.807) is 25.7 Å². The highest BCUT2D eigenvalue weighted by molar-refractivity contribution is 5.52. The number of benzene rings is 1. The van der Waals surface area contributed by atoms with E-state index in [4.69, 9.17) is 20.7 Å². The van der Waals surface area contributed by atoms with E-state index in [2.05, 4.69) is 43.0 Å². The first-order valence-electron chi connectivity index (χ1n) is 10.9. The molecule has 1 fully saturated rings. The van der Waals surface area contributed by atoms with Gasteiger partial charge in [0.2, 0.25) is 5.95 Å². The summed E-state index contributed by atoms with van der Waals surface area (Å²) < 4.78 is 11.2. The fraction of sp³-hybridized carbons (Fsp3) is 0.364. The van der Waals surface area contributed by atoms with Gasteiger partial charge in [0.25, 0.3) is 5.89 Å². The molecular weight excluding hydrogens is 422 g/mol. The Labute approximate surface area is 191 Å². The zero-order valence-corrected chi connectivity index (χ0v) is 18.4. The predicted octanol–water partition coefficient (Wildman–Crippen LogP) is 1.20. The Kier molecular flexibility index (Phi) is 5.69. The molecule has 0 spiro atoms. The molecule has 0 bridgehead atoms. The van der Waals surface area contributed by atoms with Gasteiger partial charge in [-0.25, -0.2) is 9.97 Å². The minimum absolute atomic E-state index is 0.188. The van der Waals surface area contributed by atoms with Crippen LogP contribution in [0, 0.1) is 5.92 Å². The van der Waals surface area contributed by atoms with Gasteiger partial charge in [-0.05, 0) is 42.5 Å². The summed E-state index contributed by atoms with van der Waals surface area (Å²) >= 11 is 0. The Morgan fingerprint density at radius 2 is 2.03 bits per heavy atom. The molecule has 33 heavy (non-hydrogen) atoms. The normalized spacial score (nSPS) is 20.1. The standard InChI is InChI=1S/C22H27N9O2/c1-32-18-3-2-13-6-17(7-15(13)8-18)28-21-25-9-16(10-26-21)20-29-30-22(33-20)31-5-4-14(12-31)19(23)11-27-24/h2-3,8-11,14,17,27H,4-7,12,23-24H2,1H3,(H,25,26,28)/b19-11-. The first-order valence-corrected chi connectivity index (χ1v) is 10.9. The molecule has 2 atom stereocenters. The van der Waals surface area contributed by atoms with Crippen molar-refractivity contribution in [3.63, 3.8) is 0 Å². The van der Waals surface area contributed by atoms with Crippen molar-refractivity contribution in [1.29, 1.82) is 0 Å². The summed E-state index contributed by atoms with van der Waals surface area (Å²) in [7, 11) is 1.68. The minimum Gasteiger partial charge on any atom is -0.497 e. The van der Waals surface area contributed by atoms with Crippen molar-refractivity contribution >= 4 is 12.0 Å². The molecule has 0 radical (unpaired) electrons. The van der Waals surface area contributed by atoms with Gasteiger partial charge in [0.15, 0.2) is 0 Å². The van der Waals surface area contributed by atoms with Crippen molar-refractivity contribution in [2.24, 2.45) is 17.5 Å². The van der Waals surface area contributed by atoms with Gasteiger partial charge in [-0.2, -0.15) is 0 Å². The molecule has 1 aromatic carbocycles. The highest BCUT2D eigenvalue weighted by Crippen LogP contribution is 2.29. The van der Waals surface area contributed by atoms with E-state index in [-0.39, 0.29) is 12.0 Å². The number of anilines is 2. The Bertz CT molecular complexity index is 1150. The van der Waals surface area contributed by atoms with Crippen LogP contribution in [0.5, 0.6) is 5.75 Å². The second-order valence-electron chi connectivity index (χ2n) is 8.31. The molecule has 172 valence electrons. The third-order valence-electron chi connectivity index (χ3n) is 6.17. The van der Waals surface area contributed by atoms with Gasteiger partial charge in [-0.15, -0.1) is 5.10 Å². The molecule has 2 aromatic heterocycles. The van der Waals surface area contributed by atoms with Crippen molar-refractivity contribution < 1.29 is 9.15 Å². The number of hydrogen-bond donors (Lipinski definition) is 4. The molecule has 1 saturated heterocycles. The summed E-state index contributed by atoms with van der Waals surface area (Å²) in [5.74, 6) is 7.34. The lowest BCUT2D eigenvalue weighted by atomic mass is 10.1. The molecule has 11 heteroatoms. The van der Waals surface area contributed by atoms with Gasteiger partial charge < -0.3 is 30.5 Å². The summed E-state index contributed by atoms with van der Waals surface area (Å²) in [4.78, 5) is 10.9. The van der Waals surface area contributed by atoms with Crippen LogP contribution in [0.4, 0.5) is 12.0 Å². The molecule has 1 aliphatic carbocycles. The number of nitrogens with one attached hydrogen (secondary N) is 2. The number of aromatic nitrogens is 4. The number of nitrogens with zero attached hydrogens (tertiary/aromatic N) is 5. The molecule has 2 aliphatic rings. The van der Waals surface area contributed by atoms with Crippen LogP contribution in [0.25, 0.3) is 11.5 Å². The maximum absolute atomic E-state index is 6.03. The Morgan fingerprint density at radius 3 is 2.82 bits per heavy atom. The molecule has 1 aliphatic heterocycles. The maximum Gasteiger partial charge on any atom is 0.318 e. The molecule has 3 heterocycles. The second kappa shape index (κ2) is 8.94. The minimum atomic E-state index is 0.188. The van der Waals surface area contributed by atoms with E-state index in [1.807, 2.05) is 11.0 Å². The van der Waals surface area contributed by atoms with Crippen molar-refractivity contribution in [3.05, 3.63) is 53.6 Å². The largest absolute Gasteiger partial charge is 0.497 e. The number of hydrogen-bond acceptors (Lipinski definition) is 11. The highest BCUT2D eigenvalue weighted by atomic mass is 16.5. The first kappa shape index (κ1) is 21.0. The first-order chi connectivity index (χ1) is 16.1. The Balaban J connectivity index is 1.20. The highest BCUT2D eigenvalue weighted by Gasteiger charge is 2.28. The number of hydrazine groups is 1. The van der Waals surface area contributed by atoms with Gasteiger partial charge in [0.05, 0.1) is 12.7 Å². The number of fused-ring (bicyclic) bond motifs is 1. The van der Waals surface area contributed by atoms with Crippen LogP contribution >= 0.6 is 0 Å². The fourth-order valence-corrected chi connectivity index (χ4v) is 4.40. The summed E-state index contributed by atoms with van der Waals surface area (Å²) in [6.07, 6.45) is 7.72. The predicted molar refractivity (Wildman–Crippen MR) is 123 cm³/mol. The monoisotopic (exact) mass is 449 g/mol. The molecule has 11 nitrogen and oxygen atoms in total. The fourth-order valence-electron chi connectivity index (χ4n) is 4.40. The summed E-state index contributed by atoms with van der Waals surface area (Å²) in [6.45, 7) is 1.47. The Hall–Kier alpha value is -3.86. The van der Waals surface area contributed by atoms with E-state index in [1.165, 1.54) is 11.1 Å². The third-order valence-corrected chi connectivity index (χ3v) is 6.17.